The van der Waals surface area contributed by atoms with Gasteiger partial charge >= 0.3 is 0 Å². The van der Waals surface area contributed by atoms with Gasteiger partial charge in [0.2, 0.25) is 0 Å². The summed E-state index contributed by atoms with van der Waals surface area (Å²) in [6.45, 7) is 0. The molecule has 0 aliphatic heterocycles. The number of nitrogens with two attached hydrogens (primary N) is 1. The predicted octanol–water partition coefficient (Wildman–Crippen LogP) is 4.03. The van der Waals surface area contributed by atoms with Crippen LogP contribution in [-0.4, -0.2) is 9.97 Å². The van der Waals surface area contributed by atoms with E-state index in [4.69, 9.17) is 5.84 Å². The summed E-state index contributed by atoms with van der Waals surface area (Å²) >= 11 is 6.76. The first-order chi connectivity index (χ1) is 9.76. The Morgan fingerprint density at radius 3 is 3.00 bits per heavy atom. The summed E-state index contributed by atoms with van der Waals surface area (Å²) in [5.74, 6) is 7.69. The Labute approximate surface area is 132 Å². The Morgan fingerprint density at radius 2 is 2.20 bits per heavy atom. The zero-order chi connectivity index (χ0) is 13.9. The standard InChI is InChI=1S/C13H11BrN4S2/c14-8-2-1-3-9(6-8)20-7-11-16-12(18-15)10-4-5-19-13(10)17-11/h1-6H,7,15H2,(H,16,17,18). The van der Waals surface area contributed by atoms with Crippen LogP contribution in [0.1, 0.15) is 5.82 Å². The Hall–Kier alpha value is -1.15. The first kappa shape index (κ1) is 13.8. The minimum absolute atomic E-state index is 0.682. The molecule has 3 N–H and O–H groups in total. The number of hydrogen-bond acceptors (Lipinski definition) is 6. The highest BCUT2D eigenvalue weighted by molar-refractivity contribution is 9.10. The van der Waals surface area contributed by atoms with E-state index in [9.17, 15) is 0 Å². The molecule has 102 valence electrons. The summed E-state index contributed by atoms with van der Waals surface area (Å²) in [6, 6.07) is 10.1. The van der Waals surface area contributed by atoms with Gasteiger partial charge in [-0.3, -0.25) is 0 Å². The second kappa shape index (κ2) is 6.09. The fraction of sp³-hybridized carbons (Fsp3) is 0.0769. The average Bonchev–Trinajstić information content (AvgIpc) is 2.92. The van der Waals surface area contributed by atoms with Crippen LogP contribution in [0, 0.1) is 0 Å². The van der Waals surface area contributed by atoms with Crippen molar-refractivity contribution in [2.75, 3.05) is 5.43 Å². The molecular formula is C13H11BrN4S2. The van der Waals surface area contributed by atoms with E-state index >= 15 is 0 Å². The molecule has 0 aliphatic rings. The van der Waals surface area contributed by atoms with Crippen LogP contribution in [0.2, 0.25) is 0 Å². The predicted molar refractivity (Wildman–Crippen MR) is 88.9 cm³/mol. The number of hydrazine groups is 1. The summed E-state index contributed by atoms with van der Waals surface area (Å²) in [4.78, 5) is 11.2. The molecule has 3 aromatic rings. The van der Waals surface area contributed by atoms with Gasteiger partial charge in [-0.05, 0) is 29.6 Å². The Kier molecular flexibility index (Phi) is 4.21. The molecule has 0 spiro atoms. The molecule has 0 atom stereocenters. The van der Waals surface area contributed by atoms with Crippen molar-refractivity contribution in [3.8, 4) is 0 Å². The van der Waals surface area contributed by atoms with Gasteiger partial charge in [-0.15, -0.1) is 23.1 Å². The molecule has 2 aromatic heterocycles. The summed E-state index contributed by atoms with van der Waals surface area (Å²) in [5.41, 5.74) is 2.64. The van der Waals surface area contributed by atoms with E-state index in [1.54, 1.807) is 23.1 Å². The van der Waals surface area contributed by atoms with Crippen LogP contribution in [0.25, 0.3) is 10.2 Å². The molecule has 0 saturated carbocycles. The second-order valence-electron chi connectivity index (χ2n) is 4.02. The highest BCUT2D eigenvalue weighted by Gasteiger charge is 2.08. The van der Waals surface area contributed by atoms with Gasteiger partial charge in [0.1, 0.15) is 10.7 Å². The molecule has 0 saturated heterocycles. The number of nitrogens with one attached hydrogen (secondary N) is 1. The van der Waals surface area contributed by atoms with Gasteiger partial charge in [0.05, 0.1) is 11.1 Å². The number of rotatable bonds is 4. The molecular weight excluding hydrogens is 356 g/mol. The largest absolute Gasteiger partial charge is 0.308 e. The molecule has 0 fully saturated rings. The van der Waals surface area contributed by atoms with Gasteiger partial charge in [0, 0.05) is 9.37 Å². The molecule has 2 heterocycles. The molecule has 0 unspecified atom stereocenters. The van der Waals surface area contributed by atoms with Crippen molar-refractivity contribution in [2.45, 2.75) is 10.6 Å². The maximum Gasteiger partial charge on any atom is 0.152 e. The highest BCUT2D eigenvalue weighted by Crippen LogP contribution is 2.28. The van der Waals surface area contributed by atoms with Gasteiger partial charge in [0.25, 0.3) is 0 Å². The zero-order valence-corrected chi connectivity index (χ0v) is 13.6. The van der Waals surface area contributed by atoms with Gasteiger partial charge in [0.15, 0.2) is 5.82 Å². The van der Waals surface area contributed by atoms with E-state index in [0.29, 0.717) is 11.6 Å². The number of nitrogen functional groups attached to an aromatic ring is 1. The van der Waals surface area contributed by atoms with Crippen LogP contribution in [0.5, 0.6) is 0 Å². The summed E-state index contributed by atoms with van der Waals surface area (Å²) in [7, 11) is 0. The first-order valence-electron chi connectivity index (χ1n) is 5.85. The number of halogens is 1. The molecule has 7 heteroatoms. The van der Waals surface area contributed by atoms with Crippen LogP contribution < -0.4 is 11.3 Å². The number of anilines is 1. The zero-order valence-electron chi connectivity index (χ0n) is 10.3. The maximum atomic E-state index is 5.52. The summed E-state index contributed by atoms with van der Waals surface area (Å²) in [5, 5.41) is 2.96. The smallest absolute Gasteiger partial charge is 0.152 e. The average molecular weight is 367 g/mol. The third-order valence-electron chi connectivity index (χ3n) is 2.67. The van der Waals surface area contributed by atoms with Crippen LogP contribution >= 0.6 is 39.0 Å². The fourth-order valence-corrected chi connectivity index (χ4v) is 3.92. The lowest BCUT2D eigenvalue weighted by atomic mass is 10.4. The molecule has 3 rings (SSSR count). The van der Waals surface area contributed by atoms with Crippen molar-refractivity contribution in [3.63, 3.8) is 0 Å². The van der Waals surface area contributed by atoms with E-state index in [1.807, 2.05) is 23.6 Å². The molecule has 20 heavy (non-hydrogen) atoms. The van der Waals surface area contributed by atoms with Gasteiger partial charge in [-0.2, -0.15) is 0 Å². The topological polar surface area (TPSA) is 63.8 Å². The Balaban J connectivity index is 1.83. The molecule has 1 aromatic carbocycles. The van der Waals surface area contributed by atoms with Gasteiger partial charge in [-0.1, -0.05) is 22.0 Å². The monoisotopic (exact) mass is 366 g/mol. The number of hydrogen-bond donors (Lipinski definition) is 2. The van der Waals surface area contributed by atoms with Crippen LogP contribution in [0.3, 0.4) is 0 Å². The Bertz CT molecular complexity index is 744. The van der Waals surface area contributed by atoms with Crippen molar-refractivity contribution in [3.05, 3.63) is 46.0 Å². The highest BCUT2D eigenvalue weighted by atomic mass is 79.9. The quantitative estimate of drug-likeness (QED) is 0.414. The van der Waals surface area contributed by atoms with Gasteiger partial charge < -0.3 is 5.43 Å². The summed E-state index contributed by atoms with van der Waals surface area (Å²) < 4.78 is 1.07. The Morgan fingerprint density at radius 1 is 1.30 bits per heavy atom. The van der Waals surface area contributed by atoms with E-state index in [2.05, 4.69) is 43.5 Å². The van der Waals surface area contributed by atoms with Crippen molar-refractivity contribution < 1.29 is 0 Å². The second-order valence-corrected chi connectivity index (χ2v) is 6.88. The van der Waals surface area contributed by atoms with E-state index in [0.717, 1.165) is 20.5 Å². The third-order valence-corrected chi connectivity index (χ3v) is 4.96. The van der Waals surface area contributed by atoms with Gasteiger partial charge in [-0.25, -0.2) is 15.8 Å². The lowest BCUT2D eigenvalue weighted by Gasteiger charge is -2.05. The van der Waals surface area contributed by atoms with E-state index in [1.165, 1.54) is 4.90 Å². The lowest BCUT2D eigenvalue weighted by Crippen LogP contribution is -2.10. The third kappa shape index (κ3) is 2.95. The van der Waals surface area contributed by atoms with E-state index in [-0.39, 0.29) is 0 Å². The maximum absolute atomic E-state index is 5.52. The van der Waals surface area contributed by atoms with Crippen molar-refractivity contribution in [2.24, 2.45) is 5.84 Å². The van der Waals surface area contributed by atoms with Crippen LogP contribution in [0.4, 0.5) is 5.82 Å². The number of thiophene rings is 1. The van der Waals surface area contributed by atoms with Crippen LogP contribution in [0.15, 0.2) is 45.1 Å². The minimum Gasteiger partial charge on any atom is -0.308 e. The normalized spacial score (nSPS) is 10.9. The lowest BCUT2D eigenvalue weighted by molar-refractivity contribution is 1.06. The molecule has 0 bridgehead atoms. The van der Waals surface area contributed by atoms with E-state index < -0.39 is 0 Å². The number of nitrogens with zero attached hydrogens (tertiary/aromatic N) is 2. The fourth-order valence-electron chi connectivity index (χ4n) is 1.78. The number of thioether (sulfide) groups is 1. The number of fused-ring (bicyclic) bond motifs is 1. The SMILES string of the molecule is NNc1nc(CSc2cccc(Br)c2)nc2sccc12. The van der Waals surface area contributed by atoms with Crippen molar-refractivity contribution in [1.82, 2.24) is 9.97 Å². The molecule has 0 amide bonds. The van der Waals surface area contributed by atoms with Crippen molar-refractivity contribution >= 4 is 55.1 Å². The first-order valence-corrected chi connectivity index (χ1v) is 8.51. The molecule has 4 nitrogen and oxygen atoms in total. The number of benzene rings is 1. The summed E-state index contributed by atoms with van der Waals surface area (Å²) in [6.07, 6.45) is 0. The van der Waals surface area contributed by atoms with Crippen LogP contribution in [-0.2, 0) is 5.75 Å². The molecule has 0 radical (unpaired) electrons. The minimum atomic E-state index is 0.682. The van der Waals surface area contributed by atoms with Crippen molar-refractivity contribution in [1.29, 1.82) is 0 Å². The molecule has 0 aliphatic carbocycles. The number of aromatic nitrogens is 2.